The van der Waals surface area contributed by atoms with Crippen LogP contribution < -0.4 is 4.90 Å². The Kier molecular flexibility index (Phi) is 37.6. The molecule has 0 bridgehead atoms. The molecule has 13 aromatic carbocycles. The quantitative estimate of drug-likeness (QED) is 0.101. The summed E-state index contributed by atoms with van der Waals surface area (Å²) in [4.78, 5) is 37.4. The number of alkyl halides is 3. The SMILES string of the molecule is Cc1ccnc(-c2[c-]cc(F)cc2F)c1.Cc1ccnc(-c2[c-]cc(F)cc2F)c1.FC(F)(F)c1cc[c-]c(-n2[c-]nc3ccccc32)c1.Fc1c[c-]c(-c2ccccn2)c(F)c1.N#Cc1cc[c-]c(-n2[c-]nc3ccccc32)c1.[C-]#[N+]c1c(F)c[c-]c(-c2cc(N(C)C)ccn2)c1F.[Ir+3].[Ir+3].[Ir+3].[Ir+3].[c-]1cc2ccccc2cc1-n1[c-]nc2ccccc21.[c-]1ccccc1-n1[c-]nc2ccccc21. The molecule has 0 fully saturated rings. The summed E-state index contributed by atoms with van der Waals surface area (Å²) in [6, 6.07) is 106. The van der Waals surface area contributed by atoms with Crippen LogP contribution >= 0.6 is 0 Å². The molecule has 137 heavy (non-hydrogen) atoms. The Balaban J connectivity index is 0.000000161. The van der Waals surface area contributed by atoms with Gasteiger partial charge in [-0.1, -0.05) is 225 Å². The van der Waals surface area contributed by atoms with Gasteiger partial charge in [0.05, 0.1) is 12.6 Å². The van der Waals surface area contributed by atoms with E-state index in [2.05, 4.69) is 143 Å². The molecule has 21 rings (SSSR count). The summed E-state index contributed by atoms with van der Waals surface area (Å²) in [5.41, 5.74) is 14.5. The first-order valence-electron chi connectivity index (χ1n) is 40.0. The van der Waals surface area contributed by atoms with Gasteiger partial charge in [0.2, 0.25) is 0 Å². The van der Waals surface area contributed by atoms with Crippen molar-refractivity contribution in [1.82, 2.24) is 58.1 Å². The van der Waals surface area contributed by atoms with Gasteiger partial charge in [-0.25, -0.2) is 24.3 Å². The number of nitriles is 1. The Morgan fingerprint density at radius 3 is 1.20 bits per heavy atom. The maximum absolute atomic E-state index is 14.0. The zero-order chi connectivity index (χ0) is 93.5. The van der Waals surface area contributed by atoms with Crippen LogP contribution in [0.15, 0.2) is 316 Å². The molecule has 0 aliphatic rings. The molecule has 680 valence electrons. The standard InChI is InChI=1S/C17H10N2.C14H7F3N2.C14H10F2N3.C14H7N3.C13H8N2.2C12H8F2N.C11H6F2N.4Ir/c1-2-6-14-11-15(10-9-13(14)5-1)19-12-18-16-7-3-4-8-17(16)19;15-14(16,17)10-4-3-5-11(8-10)19-9-18-12-6-1-2-7-13(12)19;1-17-14-11(15)5-4-10(13(14)16)12-8-9(19(2)3)6-7-18-12;15-9-11-4-3-5-12(8-11)17-10-16-13-6-1-2-7-14(13)17;1-2-6-11(7-3-1)15-10-14-12-8-4-5-9-13(12)15;2*1-8-4-5-15-12(6-8)10-3-2-9(13)7-11(10)14;12-8-4-5-9(10(13)7-8)11-3-1-2-6-14-11;;;;/h1-9,11H;1-4,6-8H;5-8H,2-3H3;1-4,6-8H;1-6,8-9H;2*2,4-7H,1H3;1-4,6-7H;;;;/q2*-2;-1;2*-2;3*-1;4*+3. The van der Waals surface area contributed by atoms with E-state index in [1.165, 1.54) is 27.6 Å². The van der Waals surface area contributed by atoms with Gasteiger partial charge in [0.1, 0.15) is 0 Å². The Morgan fingerprint density at radius 1 is 0.358 bits per heavy atom. The average Bonchev–Trinajstić information content (AvgIpc) is 1.75. The third-order valence-corrected chi connectivity index (χ3v) is 19.4. The van der Waals surface area contributed by atoms with Crippen LogP contribution in [0, 0.1) is 152 Å². The van der Waals surface area contributed by atoms with Gasteiger partial charge in [-0.2, -0.15) is 114 Å². The summed E-state index contributed by atoms with van der Waals surface area (Å²) >= 11 is 0. The number of pyridine rings is 4. The average molecular weight is 2540 g/mol. The maximum Gasteiger partial charge on any atom is 3.00 e. The van der Waals surface area contributed by atoms with Gasteiger partial charge in [-0.05, 0) is 83.0 Å². The smallest absolute Gasteiger partial charge is 0.448 e. The molecule has 8 heterocycles. The van der Waals surface area contributed by atoms with Crippen molar-refractivity contribution in [3.63, 3.8) is 0 Å². The molecule has 0 aliphatic heterocycles. The van der Waals surface area contributed by atoms with Crippen LogP contribution in [0.4, 0.5) is 59.7 Å². The molecular formula is C107H64F11Ir4N15. The van der Waals surface area contributed by atoms with E-state index < -0.39 is 64.0 Å². The predicted octanol–water partition coefficient (Wildman–Crippen LogP) is 25.1. The number of benzene rings is 13. The zero-order valence-corrected chi connectivity index (χ0v) is 81.3. The fourth-order valence-electron chi connectivity index (χ4n) is 12.9. The fraction of sp³-hybridized carbons (Fsp3) is 0.0467. The molecule has 0 N–H and O–H groups in total. The van der Waals surface area contributed by atoms with Crippen molar-refractivity contribution in [2.24, 2.45) is 0 Å². The topological polar surface area (TPSA) is 154 Å². The first-order chi connectivity index (χ1) is 64.4. The predicted molar refractivity (Wildman–Crippen MR) is 486 cm³/mol. The minimum absolute atomic E-state index is 0. The van der Waals surface area contributed by atoms with E-state index in [1.54, 1.807) is 102 Å². The minimum atomic E-state index is -4.37. The Labute approximate surface area is 834 Å². The van der Waals surface area contributed by atoms with Crippen LogP contribution in [0.3, 0.4) is 0 Å². The van der Waals surface area contributed by atoms with Crippen LogP contribution in [-0.2, 0) is 86.6 Å². The number of rotatable bonds is 9. The molecule has 8 aromatic heterocycles. The van der Waals surface area contributed by atoms with Crippen LogP contribution in [0.25, 0.3) is 128 Å². The van der Waals surface area contributed by atoms with E-state index in [4.69, 9.17) is 11.8 Å². The van der Waals surface area contributed by atoms with Gasteiger partial charge in [0.15, 0.2) is 5.69 Å². The zero-order valence-electron chi connectivity index (χ0n) is 71.7. The van der Waals surface area contributed by atoms with E-state index in [-0.39, 0.29) is 108 Å². The molecule has 0 saturated heterocycles. The summed E-state index contributed by atoms with van der Waals surface area (Å²) in [5, 5.41) is 11.3. The van der Waals surface area contributed by atoms with E-state index in [0.717, 1.165) is 122 Å². The molecule has 0 radical (unpaired) electrons. The number of fused-ring (bicyclic) bond motifs is 5. The number of nitrogens with zero attached hydrogens (tertiary/aromatic N) is 15. The monoisotopic (exact) mass is 2540 g/mol. The molecular weight excluding hydrogens is 2470 g/mol. The summed E-state index contributed by atoms with van der Waals surface area (Å²) in [6.07, 6.45) is 13.4. The summed E-state index contributed by atoms with van der Waals surface area (Å²) < 4.78 is 150. The number of imidazole rings is 4. The van der Waals surface area contributed by atoms with Crippen molar-refractivity contribution in [2.45, 2.75) is 20.0 Å². The Bertz CT molecular complexity index is 7630. The van der Waals surface area contributed by atoms with Gasteiger partial charge in [-0.3, -0.25) is 40.0 Å². The van der Waals surface area contributed by atoms with E-state index >= 15 is 0 Å². The second kappa shape index (κ2) is 49.4. The van der Waals surface area contributed by atoms with Crippen molar-refractivity contribution in [3.8, 4) is 73.8 Å². The number of hydrogen-bond acceptors (Lipinski definition) is 10. The Hall–Kier alpha value is -14.8. The fourth-order valence-corrected chi connectivity index (χ4v) is 12.9. The van der Waals surface area contributed by atoms with Crippen LogP contribution in [0.1, 0.15) is 22.3 Å². The summed E-state index contributed by atoms with van der Waals surface area (Å²) in [7, 11) is 3.68. The molecule has 0 unspecified atom stereocenters. The number of para-hydroxylation sites is 9. The van der Waals surface area contributed by atoms with Gasteiger partial charge >= 0.3 is 86.6 Å². The second-order valence-electron chi connectivity index (χ2n) is 28.7. The van der Waals surface area contributed by atoms with Gasteiger partial charge in [0.25, 0.3) is 0 Å². The molecule has 0 saturated carbocycles. The third-order valence-electron chi connectivity index (χ3n) is 19.4. The summed E-state index contributed by atoms with van der Waals surface area (Å²) in [5.74, 6) is -5.70. The minimum Gasteiger partial charge on any atom is -0.448 e. The third kappa shape index (κ3) is 26.9. The van der Waals surface area contributed by atoms with Crippen molar-refractivity contribution in [2.75, 3.05) is 19.0 Å². The van der Waals surface area contributed by atoms with Gasteiger partial charge in [0, 0.05) is 116 Å². The van der Waals surface area contributed by atoms with Crippen molar-refractivity contribution in [3.05, 3.63) is 470 Å². The van der Waals surface area contributed by atoms with Crippen LogP contribution in [0.2, 0.25) is 0 Å². The number of anilines is 1. The van der Waals surface area contributed by atoms with Crippen LogP contribution in [-0.4, -0.2) is 72.2 Å². The van der Waals surface area contributed by atoms with Crippen molar-refractivity contribution < 1.29 is 129 Å². The van der Waals surface area contributed by atoms with Crippen LogP contribution in [0.5, 0.6) is 0 Å². The van der Waals surface area contributed by atoms with Gasteiger partial charge < -0.3 is 63.0 Å². The number of aromatic nitrogens is 12. The van der Waals surface area contributed by atoms with Crippen molar-refractivity contribution in [1.29, 1.82) is 5.26 Å². The molecule has 15 nitrogen and oxygen atoms in total. The molecule has 0 spiro atoms. The molecule has 21 aromatic rings. The van der Waals surface area contributed by atoms with Gasteiger partial charge in [-0.15, -0.1) is 70.9 Å². The number of halogens is 11. The number of hydrogen-bond donors (Lipinski definition) is 0. The summed E-state index contributed by atoms with van der Waals surface area (Å²) in [6.45, 7) is 10.6. The van der Waals surface area contributed by atoms with E-state index in [0.29, 0.717) is 39.4 Å². The first-order valence-corrected chi connectivity index (χ1v) is 40.0. The normalized spacial score (nSPS) is 10.3. The number of aryl methyl sites for hydroxylation is 2. The second-order valence-corrected chi connectivity index (χ2v) is 28.7. The first kappa shape index (κ1) is 104. The van der Waals surface area contributed by atoms with E-state index in [9.17, 15) is 48.3 Å². The molecule has 30 heteroatoms. The van der Waals surface area contributed by atoms with E-state index in [1.807, 2.05) is 175 Å². The molecule has 0 aliphatic carbocycles. The molecule has 0 atom stereocenters. The Morgan fingerprint density at radius 2 is 0.759 bits per heavy atom. The largest absolute Gasteiger partial charge is 3.00 e. The maximum atomic E-state index is 14.0. The van der Waals surface area contributed by atoms with Crippen molar-refractivity contribution >= 4 is 66.3 Å². The molecule has 0 amide bonds.